The van der Waals surface area contributed by atoms with E-state index >= 15 is 0 Å². The molecule has 0 unspecified atom stereocenters. The number of aromatic amines is 1. The molecule has 2 aromatic rings. The molecule has 0 amide bonds. The van der Waals surface area contributed by atoms with Gasteiger partial charge in [-0.15, -0.1) is 0 Å². The van der Waals surface area contributed by atoms with E-state index in [2.05, 4.69) is 80.4 Å². The number of H-pyrrole nitrogens is 1. The third-order valence-corrected chi connectivity index (χ3v) is 4.31. The van der Waals surface area contributed by atoms with E-state index in [9.17, 15) is 0 Å². The molecule has 1 heterocycles. The summed E-state index contributed by atoms with van der Waals surface area (Å²) < 4.78 is 0. The van der Waals surface area contributed by atoms with E-state index in [0.29, 0.717) is 18.1 Å². The molecule has 0 aliphatic carbocycles. The molecule has 3 heteroatoms. The molecule has 0 radical (unpaired) electrons. The Balaban J connectivity index is 2.11. The molecule has 2 N–H and O–H groups in total. The average Bonchev–Trinajstić information content (AvgIpc) is 2.85. The van der Waals surface area contributed by atoms with Crippen LogP contribution >= 0.6 is 0 Å². The molecule has 1 atom stereocenters. The molecule has 1 aromatic carbocycles. The molecule has 21 heavy (non-hydrogen) atoms. The topological polar surface area (TPSA) is 31.1 Å². The smallest absolute Gasteiger partial charge is 0.0456 e. The van der Waals surface area contributed by atoms with Gasteiger partial charge in [-0.2, -0.15) is 0 Å². The van der Waals surface area contributed by atoms with Gasteiger partial charge in [0.15, 0.2) is 0 Å². The summed E-state index contributed by atoms with van der Waals surface area (Å²) in [5.74, 6) is 0. The van der Waals surface area contributed by atoms with Gasteiger partial charge < -0.3 is 10.3 Å². The first-order valence-electron chi connectivity index (χ1n) is 8.01. The van der Waals surface area contributed by atoms with Gasteiger partial charge in [-0.05, 0) is 52.8 Å². The van der Waals surface area contributed by atoms with Crippen molar-refractivity contribution in [2.24, 2.45) is 0 Å². The summed E-state index contributed by atoms with van der Waals surface area (Å²) in [5, 5.41) is 4.84. The van der Waals surface area contributed by atoms with Crippen molar-refractivity contribution >= 4 is 10.9 Å². The molecule has 2 rings (SSSR count). The maximum Gasteiger partial charge on any atom is 0.0456 e. The number of nitrogens with zero attached hydrogens (tertiary/aromatic N) is 1. The van der Waals surface area contributed by atoms with E-state index < -0.39 is 0 Å². The first kappa shape index (κ1) is 16.1. The monoisotopic (exact) mass is 287 g/mol. The van der Waals surface area contributed by atoms with Crippen molar-refractivity contribution in [1.29, 1.82) is 0 Å². The van der Waals surface area contributed by atoms with Gasteiger partial charge in [-0.3, -0.25) is 4.90 Å². The van der Waals surface area contributed by atoms with Gasteiger partial charge in [0, 0.05) is 41.8 Å². The fourth-order valence-corrected chi connectivity index (χ4v) is 3.10. The zero-order chi connectivity index (χ0) is 15.4. The van der Waals surface area contributed by atoms with Gasteiger partial charge in [0.2, 0.25) is 0 Å². The highest BCUT2D eigenvalue weighted by Gasteiger charge is 2.19. The third kappa shape index (κ3) is 3.86. The van der Waals surface area contributed by atoms with Crippen LogP contribution < -0.4 is 5.32 Å². The Morgan fingerprint density at radius 2 is 1.76 bits per heavy atom. The van der Waals surface area contributed by atoms with Crippen LogP contribution in [0.5, 0.6) is 0 Å². The van der Waals surface area contributed by atoms with E-state index in [-0.39, 0.29) is 0 Å². The minimum atomic E-state index is 0.467. The van der Waals surface area contributed by atoms with Crippen LogP contribution in [0.4, 0.5) is 0 Å². The Morgan fingerprint density at radius 3 is 2.38 bits per heavy atom. The number of benzene rings is 1. The molecule has 116 valence electrons. The molecule has 0 spiro atoms. The second kappa shape index (κ2) is 7.10. The lowest BCUT2D eigenvalue weighted by Gasteiger charge is -2.34. The summed E-state index contributed by atoms with van der Waals surface area (Å²) in [6, 6.07) is 10.2. The van der Waals surface area contributed by atoms with E-state index in [1.165, 1.54) is 16.5 Å². The summed E-state index contributed by atoms with van der Waals surface area (Å²) in [6.45, 7) is 10.2. The molecule has 0 saturated carbocycles. The third-order valence-electron chi connectivity index (χ3n) is 4.31. The number of fused-ring (bicyclic) bond motifs is 1. The summed E-state index contributed by atoms with van der Waals surface area (Å²) in [7, 11) is 2.07. The molecule has 1 aromatic heterocycles. The van der Waals surface area contributed by atoms with Gasteiger partial charge in [0.1, 0.15) is 0 Å². The number of para-hydroxylation sites is 1. The Morgan fingerprint density at radius 1 is 1.10 bits per heavy atom. The second-order valence-electron chi connectivity index (χ2n) is 6.43. The highest BCUT2D eigenvalue weighted by Crippen LogP contribution is 2.19. The zero-order valence-electron chi connectivity index (χ0n) is 14.0. The summed E-state index contributed by atoms with van der Waals surface area (Å²) in [4.78, 5) is 5.93. The van der Waals surface area contributed by atoms with E-state index in [1.807, 2.05) is 0 Å². The van der Waals surface area contributed by atoms with E-state index in [0.717, 1.165) is 13.0 Å². The normalized spacial score (nSPS) is 13.7. The predicted octanol–water partition coefficient (Wildman–Crippen LogP) is 3.42. The highest BCUT2D eigenvalue weighted by molar-refractivity contribution is 5.83. The maximum atomic E-state index is 3.49. The molecule has 0 fully saturated rings. The van der Waals surface area contributed by atoms with Gasteiger partial charge in [0.25, 0.3) is 0 Å². The second-order valence-corrected chi connectivity index (χ2v) is 6.43. The summed E-state index contributed by atoms with van der Waals surface area (Å²) >= 11 is 0. The van der Waals surface area contributed by atoms with Crippen molar-refractivity contribution in [1.82, 2.24) is 15.2 Å². The van der Waals surface area contributed by atoms with Crippen LogP contribution in [0.15, 0.2) is 30.5 Å². The quantitative estimate of drug-likeness (QED) is 0.817. The SMILES string of the molecule is CN[C@H](Cc1c[nH]c2ccccc12)CN(C(C)C)C(C)C. The number of hydrogen-bond acceptors (Lipinski definition) is 2. The lowest BCUT2D eigenvalue weighted by atomic mass is 10.0. The molecular weight excluding hydrogens is 258 g/mol. The van der Waals surface area contributed by atoms with Crippen molar-refractivity contribution in [2.45, 2.75) is 52.2 Å². The maximum absolute atomic E-state index is 3.49. The number of hydrogen-bond donors (Lipinski definition) is 2. The minimum absolute atomic E-state index is 0.467. The average molecular weight is 287 g/mol. The van der Waals surface area contributed by atoms with Crippen LogP contribution in [0, 0.1) is 0 Å². The molecule has 0 saturated heterocycles. The lowest BCUT2D eigenvalue weighted by molar-refractivity contribution is 0.157. The summed E-state index contributed by atoms with van der Waals surface area (Å²) in [5.41, 5.74) is 2.63. The van der Waals surface area contributed by atoms with Crippen LogP contribution in [-0.2, 0) is 6.42 Å². The number of likely N-dealkylation sites (N-methyl/N-ethyl adjacent to an activating group) is 1. The van der Waals surface area contributed by atoms with Crippen molar-refractivity contribution in [2.75, 3.05) is 13.6 Å². The van der Waals surface area contributed by atoms with E-state index in [4.69, 9.17) is 0 Å². The van der Waals surface area contributed by atoms with Crippen LogP contribution in [-0.4, -0.2) is 41.6 Å². The predicted molar refractivity (Wildman–Crippen MR) is 91.8 cm³/mol. The van der Waals surface area contributed by atoms with Crippen LogP contribution in [0.3, 0.4) is 0 Å². The number of rotatable bonds is 7. The van der Waals surface area contributed by atoms with Crippen LogP contribution in [0.2, 0.25) is 0 Å². The van der Waals surface area contributed by atoms with Gasteiger partial charge >= 0.3 is 0 Å². The Kier molecular flexibility index (Phi) is 5.43. The largest absolute Gasteiger partial charge is 0.361 e. The van der Waals surface area contributed by atoms with Crippen molar-refractivity contribution < 1.29 is 0 Å². The Hall–Kier alpha value is -1.32. The van der Waals surface area contributed by atoms with Crippen LogP contribution in [0.25, 0.3) is 10.9 Å². The Labute approximate surface area is 128 Å². The molecular formula is C18H29N3. The minimum Gasteiger partial charge on any atom is -0.361 e. The zero-order valence-corrected chi connectivity index (χ0v) is 14.0. The number of aromatic nitrogens is 1. The van der Waals surface area contributed by atoms with Gasteiger partial charge in [0.05, 0.1) is 0 Å². The number of nitrogens with one attached hydrogen (secondary N) is 2. The van der Waals surface area contributed by atoms with Crippen molar-refractivity contribution in [3.63, 3.8) is 0 Å². The molecule has 0 aliphatic rings. The fourth-order valence-electron chi connectivity index (χ4n) is 3.10. The molecule has 0 aliphatic heterocycles. The fraction of sp³-hybridized carbons (Fsp3) is 0.556. The van der Waals surface area contributed by atoms with Gasteiger partial charge in [-0.25, -0.2) is 0 Å². The molecule has 3 nitrogen and oxygen atoms in total. The van der Waals surface area contributed by atoms with Gasteiger partial charge in [-0.1, -0.05) is 18.2 Å². The Bertz CT molecular complexity index is 548. The lowest BCUT2D eigenvalue weighted by Crippen LogP contribution is -2.46. The van der Waals surface area contributed by atoms with Crippen LogP contribution in [0.1, 0.15) is 33.3 Å². The van der Waals surface area contributed by atoms with Crippen molar-refractivity contribution in [3.8, 4) is 0 Å². The van der Waals surface area contributed by atoms with E-state index in [1.54, 1.807) is 0 Å². The first-order valence-corrected chi connectivity index (χ1v) is 8.01. The summed E-state index contributed by atoms with van der Waals surface area (Å²) in [6.07, 6.45) is 3.21. The highest BCUT2D eigenvalue weighted by atomic mass is 15.2. The molecule has 0 bridgehead atoms. The first-order chi connectivity index (χ1) is 10.0. The standard InChI is InChI=1S/C18H29N3/c1-13(2)21(14(3)4)12-16(19-5)10-15-11-20-18-9-7-6-8-17(15)18/h6-9,11,13-14,16,19-20H,10,12H2,1-5H3/t16-/m1/s1. The van der Waals surface area contributed by atoms with Crippen molar-refractivity contribution in [3.05, 3.63) is 36.0 Å².